The topological polar surface area (TPSA) is 120 Å². The molecule has 6 aliphatic rings. The van der Waals surface area contributed by atoms with E-state index in [0.717, 1.165) is 86.4 Å². The summed E-state index contributed by atoms with van der Waals surface area (Å²) in [6.07, 6.45) is 11.6. The van der Waals surface area contributed by atoms with Crippen LogP contribution in [0.1, 0.15) is 107 Å². The largest absolute Gasteiger partial charge is 0.384 e. The number of aromatic nitrogens is 1. The van der Waals surface area contributed by atoms with E-state index in [1.807, 2.05) is 55.5 Å². The standard InChI is InChI=1S/C44H57ClN4O7/c1-28-11-18-36-29(2)41(53-42-44(36)35(28)19-21-43(3,54-42)55-56-44)52-27-30-12-14-31(15-13-30)40(51)49(26-39(50)48-33-9-5-4-6-10-33)24-8-7-22-46-37-20-23-47-38-25-32(45)16-17-34(37)38/h12-17,20,23,25,28-29,33,35-36,41-42H,4-11,18-19,21-22,24,26-27H2,1-3H3,(H,46,47)(H,48,50)/t28-,29-,35+,36+,41+,42-,43?,44-/m1/s1. The van der Waals surface area contributed by atoms with Gasteiger partial charge in [0, 0.05) is 65.2 Å². The molecule has 4 aliphatic heterocycles. The molecular formula is C44H57ClN4O7. The SMILES string of the molecule is C[C@H]1[C@@H](OCc2ccc(C(=O)N(CCCCNc3ccnc4cc(Cl)ccc34)CC(=O)NC3CCCCC3)cc2)O[C@@H]2OC3(C)CC[C@H]4[C@H](C)CC[C@@H]1[C@@]24OO3. The molecule has 2 N–H and O–H groups in total. The number of benzene rings is 2. The van der Waals surface area contributed by atoms with Gasteiger partial charge in [0.1, 0.15) is 0 Å². The Kier molecular flexibility index (Phi) is 11.9. The maximum absolute atomic E-state index is 14.0. The van der Waals surface area contributed by atoms with Crippen molar-refractivity contribution < 1.29 is 33.6 Å². The molecule has 9 rings (SSSR count). The summed E-state index contributed by atoms with van der Waals surface area (Å²) in [6, 6.07) is 15.4. The first-order valence-corrected chi connectivity index (χ1v) is 21.3. The molecule has 1 aromatic heterocycles. The van der Waals surface area contributed by atoms with Gasteiger partial charge in [-0.1, -0.05) is 56.8 Å². The Morgan fingerprint density at radius 1 is 0.964 bits per heavy atom. The number of halogens is 1. The average molecular weight is 789 g/mol. The van der Waals surface area contributed by atoms with Crippen LogP contribution in [0.4, 0.5) is 5.69 Å². The van der Waals surface area contributed by atoms with Crippen LogP contribution in [0.2, 0.25) is 5.02 Å². The first-order valence-electron chi connectivity index (χ1n) is 20.9. The van der Waals surface area contributed by atoms with Gasteiger partial charge in [-0.25, -0.2) is 9.78 Å². The Morgan fingerprint density at radius 2 is 1.79 bits per heavy atom. The minimum atomic E-state index is -0.836. The highest BCUT2D eigenvalue weighted by Gasteiger charge is 2.69. The van der Waals surface area contributed by atoms with Crippen LogP contribution in [-0.4, -0.2) is 71.3 Å². The Bertz CT molecular complexity index is 1860. The van der Waals surface area contributed by atoms with E-state index in [9.17, 15) is 9.59 Å². The van der Waals surface area contributed by atoms with Crippen molar-refractivity contribution in [2.75, 3.05) is 25.0 Å². The normalized spacial score (nSPS) is 31.4. The van der Waals surface area contributed by atoms with Gasteiger partial charge in [0.2, 0.25) is 11.7 Å². The minimum absolute atomic E-state index is 0.0274. The Balaban J connectivity index is 0.888. The minimum Gasteiger partial charge on any atom is -0.384 e. The smallest absolute Gasteiger partial charge is 0.254 e. The van der Waals surface area contributed by atoms with Gasteiger partial charge >= 0.3 is 0 Å². The molecule has 1 spiro atoms. The summed E-state index contributed by atoms with van der Waals surface area (Å²) < 4.78 is 19.6. The zero-order chi connectivity index (χ0) is 38.9. The number of unbranched alkanes of at least 4 members (excludes halogenated alkanes) is 1. The summed E-state index contributed by atoms with van der Waals surface area (Å²) in [5.74, 6) is -0.0492. The highest BCUT2D eigenvalue weighted by molar-refractivity contribution is 6.31. The third-order valence-corrected chi connectivity index (χ3v) is 13.4. The molecule has 2 amide bonds. The summed E-state index contributed by atoms with van der Waals surface area (Å²) in [6.45, 7) is 7.96. The molecule has 2 aromatic carbocycles. The lowest BCUT2D eigenvalue weighted by Gasteiger charge is -2.60. The van der Waals surface area contributed by atoms with Crippen LogP contribution in [0.25, 0.3) is 10.9 Å². The van der Waals surface area contributed by atoms with Crippen LogP contribution in [0.3, 0.4) is 0 Å². The number of ether oxygens (including phenoxy) is 3. The number of hydrogen-bond acceptors (Lipinski definition) is 9. The molecule has 8 atom stereocenters. The van der Waals surface area contributed by atoms with Crippen molar-refractivity contribution in [1.29, 1.82) is 0 Å². The number of nitrogens with zero attached hydrogens (tertiary/aromatic N) is 2. The second-order valence-corrected chi connectivity index (χ2v) is 17.5. The second kappa shape index (κ2) is 16.9. The molecule has 11 nitrogen and oxygen atoms in total. The van der Waals surface area contributed by atoms with Gasteiger partial charge in [-0.15, -0.1) is 0 Å². The first-order chi connectivity index (χ1) is 27.1. The van der Waals surface area contributed by atoms with Gasteiger partial charge in [0.05, 0.1) is 18.7 Å². The molecule has 4 saturated heterocycles. The third-order valence-electron chi connectivity index (χ3n) is 13.2. The van der Waals surface area contributed by atoms with Crippen LogP contribution in [-0.2, 0) is 35.4 Å². The van der Waals surface area contributed by atoms with Crippen molar-refractivity contribution in [3.8, 4) is 0 Å². The molecule has 12 heteroatoms. The lowest BCUT2D eigenvalue weighted by molar-refractivity contribution is -0.577. The Morgan fingerprint density at radius 3 is 2.61 bits per heavy atom. The van der Waals surface area contributed by atoms with Crippen LogP contribution >= 0.6 is 11.6 Å². The van der Waals surface area contributed by atoms with Gasteiger partial charge in [0.25, 0.3) is 5.91 Å². The van der Waals surface area contributed by atoms with E-state index in [2.05, 4.69) is 29.5 Å². The van der Waals surface area contributed by atoms with E-state index in [-0.39, 0.29) is 36.2 Å². The fraction of sp³-hybridized carbons (Fsp3) is 0.614. The zero-order valence-corrected chi connectivity index (χ0v) is 33.7. The van der Waals surface area contributed by atoms with Gasteiger partial charge in [-0.2, -0.15) is 0 Å². The summed E-state index contributed by atoms with van der Waals surface area (Å²) in [4.78, 5) is 45.6. The molecule has 2 bridgehead atoms. The number of fused-ring (bicyclic) bond motifs is 3. The molecule has 56 heavy (non-hydrogen) atoms. The summed E-state index contributed by atoms with van der Waals surface area (Å²) >= 11 is 6.17. The van der Waals surface area contributed by atoms with E-state index < -0.39 is 24.0 Å². The highest BCUT2D eigenvalue weighted by atomic mass is 35.5. The maximum Gasteiger partial charge on any atom is 0.254 e. The van der Waals surface area contributed by atoms with Crippen molar-refractivity contribution >= 4 is 40.0 Å². The van der Waals surface area contributed by atoms with Crippen LogP contribution < -0.4 is 10.6 Å². The van der Waals surface area contributed by atoms with Gasteiger partial charge in [-0.05, 0) is 106 Å². The molecule has 3 aromatic rings. The molecule has 2 saturated carbocycles. The quantitative estimate of drug-likeness (QED) is 0.130. The number of hydrogen-bond donors (Lipinski definition) is 2. The van der Waals surface area contributed by atoms with E-state index in [1.54, 1.807) is 11.1 Å². The summed E-state index contributed by atoms with van der Waals surface area (Å²) in [5.41, 5.74) is 2.67. The van der Waals surface area contributed by atoms with Gasteiger partial charge in [0.15, 0.2) is 18.2 Å². The van der Waals surface area contributed by atoms with Crippen molar-refractivity contribution in [2.45, 2.75) is 128 Å². The van der Waals surface area contributed by atoms with Crippen LogP contribution in [0.15, 0.2) is 54.7 Å². The predicted molar refractivity (Wildman–Crippen MR) is 213 cm³/mol. The molecule has 2 aliphatic carbocycles. The molecule has 5 heterocycles. The molecule has 1 unspecified atom stereocenters. The number of pyridine rings is 1. The lowest BCUT2D eigenvalue weighted by atomic mass is 9.58. The Labute approximate surface area is 335 Å². The molecule has 6 fully saturated rings. The number of anilines is 1. The third kappa shape index (κ3) is 8.18. The van der Waals surface area contributed by atoms with E-state index in [0.29, 0.717) is 42.1 Å². The number of carbonyl (C=O) groups is 2. The fourth-order valence-corrected chi connectivity index (χ4v) is 10.2. The Hall–Kier alpha value is -3.32. The predicted octanol–water partition coefficient (Wildman–Crippen LogP) is 8.40. The van der Waals surface area contributed by atoms with Crippen molar-refractivity contribution in [3.05, 3.63) is 70.9 Å². The van der Waals surface area contributed by atoms with Crippen LogP contribution in [0.5, 0.6) is 0 Å². The molecule has 302 valence electrons. The summed E-state index contributed by atoms with van der Waals surface area (Å²) in [7, 11) is 0. The van der Waals surface area contributed by atoms with Crippen molar-refractivity contribution in [3.63, 3.8) is 0 Å². The van der Waals surface area contributed by atoms with E-state index in [4.69, 9.17) is 35.6 Å². The first kappa shape index (κ1) is 39.5. The van der Waals surface area contributed by atoms with Crippen molar-refractivity contribution in [2.24, 2.45) is 23.7 Å². The maximum atomic E-state index is 14.0. The van der Waals surface area contributed by atoms with Gasteiger partial charge < -0.3 is 29.7 Å². The number of rotatable bonds is 13. The fourth-order valence-electron chi connectivity index (χ4n) is 10.0. The second-order valence-electron chi connectivity index (χ2n) is 17.1. The summed E-state index contributed by atoms with van der Waals surface area (Å²) in [5, 5.41) is 8.37. The average Bonchev–Trinajstić information content (AvgIpc) is 3.43. The lowest BCUT2D eigenvalue weighted by Crippen LogP contribution is -2.70. The van der Waals surface area contributed by atoms with E-state index in [1.165, 1.54) is 6.42 Å². The number of nitrogens with one attached hydrogen (secondary N) is 2. The van der Waals surface area contributed by atoms with Gasteiger partial charge in [-0.3, -0.25) is 14.6 Å². The van der Waals surface area contributed by atoms with Crippen molar-refractivity contribution in [1.82, 2.24) is 15.2 Å². The highest BCUT2D eigenvalue weighted by Crippen LogP contribution is 2.60. The van der Waals surface area contributed by atoms with Crippen LogP contribution in [0, 0.1) is 23.7 Å². The number of amides is 2. The molecule has 0 radical (unpaired) electrons. The zero-order valence-electron chi connectivity index (χ0n) is 33.0. The van der Waals surface area contributed by atoms with E-state index >= 15 is 0 Å². The molecular weight excluding hydrogens is 732 g/mol. The monoisotopic (exact) mass is 788 g/mol. The number of carbonyl (C=O) groups excluding carboxylic acids is 2.